The van der Waals surface area contributed by atoms with E-state index in [-0.39, 0.29) is 18.0 Å². The highest BCUT2D eigenvalue weighted by Gasteiger charge is 2.38. The Morgan fingerprint density at radius 3 is 2.15 bits per heavy atom. The third-order valence-corrected chi connectivity index (χ3v) is 4.18. The summed E-state index contributed by atoms with van der Waals surface area (Å²) in [6.07, 6.45) is 1.66. The van der Waals surface area contributed by atoms with Crippen molar-refractivity contribution >= 4 is 5.97 Å². The minimum atomic E-state index is -0.519. The summed E-state index contributed by atoms with van der Waals surface area (Å²) in [6, 6.07) is 7.97. The molecule has 0 saturated carbocycles. The zero-order chi connectivity index (χ0) is 15.4. The Morgan fingerprint density at radius 2 is 1.75 bits per heavy atom. The van der Waals surface area contributed by atoms with Crippen LogP contribution in [0.25, 0.3) is 0 Å². The molecule has 0 spiro atoms. The first kappa shape index (κ1) is 16.7. The van der Waals surface area contributed by atoms with Crippen molar-refractivity contribution in [2.24, 2.45) is 5.41 Å². The lowest BCUT2D eigenvalue weighted by Gasteiger charge is -2.36. The summed E-state index contributed by atoms with van der Waals surface area (Å²) in [7, 11) is 1.43. The van der Waals surface area contributed by atoms with Gasteiger partial charge in [-0.1, -0.05) is 38.1 Å². The Balaban J connectivity index is 3.04. The highest BCUT2D eigenvalue weighted by Crippen LogP contribution is 2.40. The van der Waals surface area contributed by atoms with E-state index < -0.39 is 5.41 Å². The molecule has 0 bridgehead atoms. The van der Waals surface area contributed by atoms with Crippen molar-refractivity contribution in [3.63, 3.8) is 0 Å². The Kier molecular flexibility index (Phi) is 5.35. The number of carbonyl (C=O) groups is 1. The zero-order valence-corrected chi connectivity index (χ0v) is 13.2. The quantitative estimate of drug-likeness (QED) is 0.811. The first-order valence-corrected chi connectivity index (χ1v) is 7.08. The van der Waals surface area contributed by atoms with Gasteiger partial charge >= 0.3 is 5.97 Å². The second-order valence-corrected chi connectivity index (χ2v) is 6.32. The van der Waals surface area contributed by atoms with Crippen LogP contribution in [0.2, 0.25) is 0 Å². The number of benzene rings is 1. The van der Waals surface area contributed by atoms with Crippen molar-refractivity contribution < 1.29 is 14.6 Å². The fourth-order valence-electron chi connectivity index (χ4n) is 2.77. The van der Waals surface area contributed by atoms with Crippen molar-refractivity contribution in [1.82, 2.24) is 0 Å². The van der Waals surface area contributed by atoms with Crippen molar-refractivity contribution in [3.05, 3.63) is 35.4 Å². The summed E-state index contributed by atoms with van der Waals surface area (Å²) < 4.78 is 4.91. The van der Waals surface area contributed by atoms with Crippen LogP contribution in [0.1, 0.15) is 51.7 Å². The number of carbonyl (C=O) groups excluding carboxylic acids is 1. The average Bonchev–Trinajstić information content (AvgIpc) is 2.45. The smallest absolute Gasteiger partial charge is 0.311 e. The fourth-order valence-corrected chi connectivity index (χ4v) is 2.77. The molecule has 112 valence electrons. The average molecular weight is 278 g/mol. The van der Waals surface area contributed by atoms with Crippen molar-refractivity contribution in [1.29, 1.82) is 0 Å². The molecule has 0 aliphatic carbocycles. The van der Waals surface area contributed by atoms with Crippen molar-refractivity contribution in [3.8, 4) is 0 Å². The normalized spacial score (nSPS) is 14.7. The maximum atomic E-state index is 11.9. The summed E-state index contributed by atoms with van der Waals surface area (Å²) in [4.78, 5) is 11.9. The Hall–Kier alpha value is -1.35. The molecule has 1 rings (SSSR count). The monoisotopic (exact) mass is 278 g/mol. The predicted molar refractivity (Wildman–Crippen MR) is 80.4 cm³/mol. The summed E-state index contributed by atoms with van der Waals surface area (Å²) in [6.45, 7) is 8.21. The molecule has 1 aromatic rings. The van der Waals surface area contributed by atoms with E-state index in [2.05, 4.69) is 13.8 Å². The SMILES string of the molecule is CCC(C)(CC(C)(C)C(=O)OC)c1ccc(CO)cc1. The van der Waals surface area contributed by atoms with Gasteiger partial charge in [0.2, 0.25) is 0 Å². The van der Waals surface area contributed by atoms with Crippen LogP contribution in [-0.4, -0.2) is 18.2 Å². The molecule has 1 N–H and O–H groups in total. The second kappa shape index (κ2) is 6.40. The minimum absolute atomic E-state index is 0.0524. The minimum Gasteiger partial charge on any atom is -0.469 e. The lowest BCUT2D eigenvalue weighted by Crippen LogP contribution is -2.35. The van der Waals surface area contributed by atoms with Gasteiger partial charge in [-0.15, -0.1) is 0 Å². The molecule has 0 amide bonds. The number of ether oxygens (including phenoxy) is 1. The molecule has 3 heteroatoms. The number of aliphatic hydroxyl groups excluding tert-OH is 1. The summed E-state index contributed by atoms with van der Waals surface area (Å²) in [5.74, 6) is -0.177. The molecule has 0 radical (unpaired) electrons. The molecule has 0 heterocycles. The number of hydrogen-bond acceptors (Lipinski definition) is 3. The molecular weight excluding hydrogens is 252 g/mol. The zero-order valence-electron chi connectivity index (χ0n) is 13.2. The van der Waals surface area contributed by atoms with Gasteiger partial charge in [-0.05, 0) is 43.2 Å². The number of hydrogen-bond donors (Lipinski definition) is 1. The molecule has 0 saturated heterocycles. The lowest BCUT2D eigenvalue weighted by atomic mass is 9.68. The van der Waals surface area contributed by atoms with Crippen LogP contribution >= 0.6 is 0 Å². The predicted octanol–water partition coefficient (Wildman–Crippen LogP) is 3.44. The number of aliphatic hydroxyl groups is 1. The molecule has 0 fully saturated rings. The van der Waals surface area contributed by atoms with Crippen LogP contribution in [0.5, 0.6) is 0 Å². The van der Waals surface area contributed by atoms with Gasteiger partial charge in [0.05, 0.1) is 19.1 Å². The van der Waals surface area contributed by atoms with E-state index in [1.165, 1.54) is 12.7 Å². The van der Waals surface area contributed by atoms with Crippen LogP contribution in [0.15, 0.2) is 24.3 Å². The van der Waals surface area contributed by atoms with E-state index in [0.717, 1.165) is 18.4 Å². The van der Waals surface area contributed by atoms with Crippen molar-refractivity contribution in [2.75, 3.05) is 7.11 Å². The van der Waals surface area contributed by atoms with Gasteiger partial charge in [0.1, 0.15) is 0 Å². The fraction of sp³-hybridized carbons (Fsp3) is 0.588. The standard InChI is InChI=1S/C17H26O3/c1-6-17(4,12-16(2,3)15(19)20-5)14-9-7-13(11-18)8-10-14/h7-10,18H,6,11-12H2,1-5H3. The van der Waals surface area contributed by atoms with Crippen LogP contribution in [-0.2, 0) is 21.6 Å². The van der Waals surface area contributed by atoms with E-state index in [1.807, 2.05) is 38.1 Å². The van der Waals surface area contributed by atoms with Crippen LogP contribution in [0.3, 0.4) is 0 Å². The maximum absolute atomic E-state index is 11.9. The first-order chi connectivity index (χ1) is 9.29. The molecule has 1 atom stereocenters. The summed E-state index contributed by atoms with van der Waals surface area (Å²) in [5.41, 5.74) is 1.48. The molecule has 1 aromatic carbocycles. The third-order valence-electron chi connectivity index (χ3n) is 4.18. The summed E-state index contributed by atoms with van der Waals surface area (Å²) >= 11 is 0. The van der Waals surface area contributed by atoms with E-state index in [9.17, 15) is 4.79 Å². The molecule has 0 aromatic heterocycles. The molecule has 1 unspecified atom stereocenters. The van der Waals surface area contributed by atoms with E-state index in [0.29, 0.717) is 0 Å². The van der Waals surface area contributed by atoms with E-state index >= 15 is 0 Å². The van der Waals surface area contributed by atoms with Gasteiger partial charge in [-0.3, -0.25) is 4.79 Å². The van der Waals surface area contributed by atoms with E-state index in [4.69, 9.17) is 9.84 Å². The maximum Gasteiger partial charge on any atom is 0.311 e. The van der Waals surface area contributed by atoms with Gasteiger partial charge in [-0.25, -0.2) is 0 Å². The summed E-state index contributed by atoms with van der Waals surface area (Å²) in [5, 5.41) is 9.12. The lowest BCUT2D eigenvalue weighted by molar-refractivity contribution is -0.152. The van der Waals surface area contributed by atoms with Crippen molar-refractivity contribution in [2.45, 2.75) is 52.6 Å². The molecule has 3 nitrogen and oxygen atoms in total. The van der Waals surface area contributed by atoms with Gasteiger partial charge in [0.25, 0.3) is 0 Å². The molecule has 20 heavy (non-hydrogen) atoms. The number of esters is 1. The Bertz CT molecular complexity index is 448. The second-order valence-electron chi connectivity index (χ2n) is 6.32. The number of rotatable bonds is 6. The van der Waals surface area contributed by atoms with Gasteiger partial charge in [0.15, 0.2) is 0 Å². The molecule has 0 aliphatic heterocycles. The highest BCUT2D eigenvalue weighted by atomic mass is 16.5. The number of methoxy groups -OCH3 is 1. The van der Waals surface area contributed by atoms with Crippen LogP contribution < -0.4 is 0 Å². The first-order valence-electron chi connectivity index (χ1n) is 7.08. The highest BCUT2D eigenvalue weighted by molar-refractivity contribution is 5.76. The largest absolute Gasteiger partial charge is 0.469 e. The third kappa shape index (κ3) is 3.60. The topological polar surface area (TPSA) is 46.5 Å². The molecule has 0 aliphatic rings. The molecular formula is C17H26O3. The van der Waals surface area contributed by atoms with Gasteiger partial charge < -0.3 is 9.84 Å². The van der Waals surface area contributed by atoms with Crippen LogP contribution in [0.4, 0.5) is 0 Å². The Morgan fingerprint density at radius 1 is 1.20 bits per heavy atom. The Labute approximate surface area is 122 Å². The van der Waals surface area contributed by atoms with Gasteiger partial charge in [-0.2, -0.15) is 0 Å². The van der Waals surface area contributed by atoms with E-state index in [1.54, 1.807) is 0 Å². The van der Waals surface area contributed by atoms with Crippen LogP contribution in [0, 0.1) is 5.41 Å². The van der Waals surface area contributed by atoms with Gasteiger partial charge in [0, 0.05) is 0 Å².